The number of hydrogen-bond donors (Lipinski definition) is 1. The highest BCUT2D eigenvalue weighted by molar-refractivity contribution is 8.00. The van der Waals surface area contributed by atoms with Crippen molar-refractivity contribution in [1.29, 1.82) is 0 Å². The zero-order chi connectivity index (χ0) is 16.2. The molecule has 2 rings (SSSR count). The monoisotopic (exact) mass is 335 g/mol. The molecule has 0 spiro atoms. The minimum atomic E-state index is -4.33. The van der Waals surface area contributed by atoms with Crippen LogP contribution in [0.1, 0.15) is 18.4 Å². The van der Waals surface area contributed by atoms with E-state index in [2.05, 4.69) is 4.90 Å². The second kappa shape index (κ2) is 7.57. The first-order valence-electron chi connectivity index (χ1n) is 7.17. The average molecular weight is 335 g/mol. The summed E-state index contributed by atoms with van der Waals surface area (Å²) in [5, 5.41) is 9.24. The third kappa shape index (κ3) is 5.07. The van der Waals surface area contributed by atoms with Crippen LogP contribution in [0.3, 0.4) is 0 Å². The zero-order valence-corrected chi connectivity index (χ0v) is 13.2. The number of ether oxygens (including phenoxy) is 1. The van der Waals surface area contributed by atoms with Crippen LogP contribution in [-0.4, -0.2) is 42.3 Å². The van der Waals surface area contributed by atoms with Crippen molar-refractivity contribution < 1.29 is 23.0 Å². The quantitative estimate of drug-likeness (QED) is 0.835. The van der Waals surface area contributed by atoms with Crippen LogP contribution < -0.4 is 4.74 Å². The third-order valence-electron chi connectivity index (χ3n) is 3.72. The summed E-state index contributed by atoms with van der Waals surface area (Å²) in [6.07, 6.45) is 2.01. The first-order valence-corrected chi connectivity index (χ1v) is 7.99. The molecule has 0 bridgehead atoms. The third-order valence-corrected chi connectivity index (χ3v) is 4.49. The molecule has 1 unspecified atom stereocenters. The van der Waals surface area contributed by atoms with E-state index in [0.29, 0.717) is 6.54 Å². The molecule has 1 aliphatic heterocycles. The van der Waals surface area contributed by atoms with E-state index in [1.807, 2.05) is 0 Å². The summed E-state index contributed by atoms with van der Waals surface area (Å²) in [7, 11) is 1.37. The summed E-state index contributed by atoms with van der Waals surface area (Å²) < 4.78 is 42.8. The Hall–Kier alpha value is -0.920. The number of likely N-dealkylation sites (tertiary alicyclic amines) is 1. The van der Waals surface area contributed by atoms with Gasteiger partial charge in [-0.05, 0) is 54.8 Å². The van der Waals surface area contributed by atoms with Crippen molar-refractivity contribution in [3.63, 3.8) is 0 Å². The lowest BCUT2D eigenvalue weighted by molar-refractivity contribution is -0.0328. The Kier molecular flexibility index (Phi) is 6.00. The fourth-order valence-electron chi connectivity index (χ4n) is 2.73. The Morgan fingerprint density at radius 3 is 2.82 bits per heavy atom. The summed E-state index contributed by atoms with van der Waals surface area (Å²) in [4.78, 5) is 2.26. The fraction of sp³-hybridized carbons (Fsp3) is 0.600. The number of benzene rings is 1. The van der Waals surface area contributed by atoms with E-state index in [1.54, 1.807) is 18.2 Å². The van der Waals surface area contributed by atoms with Crippen molar-refractivity contribution in [3.05, 3.63) is 23.8 Å². The molecule has 1 N–H and O–H groups in total. The predicted octanol–water partition coefficient (Wildman–Crippen LogP) is 3.51. The summed E-state index contributed by atoms with van der Waals surface area (Å²) >= 11 is -0.150. The predicted molar refractivity (Wildman–Crippen MR) is 80.0 cm³/mol. The Labute approximate surface area is 132 Å². The Balaban J connectivity index is 2.09. The summed E-state index contributed by atoms with van der Waals surface area (Å²) in [5.41, 5.74) is -3.51. The highest BCUT2D eigenvalue weighted by atomic mass is 32.2. The normalized spacial score (nSPS) is 20.1. The van der Waals surface area contributed by atoms with Gasteiger partial charge in [-0.25, -0.2) is 0 Å². The molecule has 1 aromatic carbocycles. The van der Waals surface area contributed by atoms with Gasteiger partial charge in [-0.3, -0.25) is 4.90 Å². The van der Waals surface area contributed by atoms with Crippen LogP contribution in [-0.2, 0) is 6.54 Å². The number of piperidine rings is 1. The lowest BCUT2D eigenvalue weighted by atomic mass is 9.98. The Bertz CT molecular complexity index is 496. The average Bonchev–Trinajstić information content (AvgIpc) is 2.46. The molecule has 0 amide bonds. The molecular weight excluding hydrogens is 315 g/mol. The second-order valence-electron chi connectivity index (χ2n) is 5.46. The van der Waals surface area contributed by atoms with Crippen LogP contribution in [0.4, 0.5) is 13.2 Å². The van der Waals surface area contributed by atoms with Crippen LogP contribution in [0, 0.1) is 5.92 Å². The molecule has 1 atom stereocenters. The van der Waals surface area contributed by atoms with Gasteiger partial charge in [0.15, 0.2) is 0 Å². The molecule has 1 aromatic rings. The molecule has 124 valence electrons. The smallest absolute Gasteiger partial charge is 0.446 e. The van der Waals surface area contributed by atoms with Crippen molar-refractivity contribution in [3.8, 4) is 5.75 Å². The van der Waals surface area contributed by atoms with Crippen LogP contribution in [0.15, 0.2) is 23.1 Å². The standard InChI is InChI=1S/C15H20F3NO2S/c1-21-13-5-4-11(7-14(13)22-15(16,17)18)8-19-6-2-3-12(9-19)10-20/h4-5,7,12,20H,2-3,6,8-10H2,1H3. The molecule has 0 radical (unpaired) electrons. The molecule has 0 aliphatic carbocycles. The molecule has 0 saturated carbocycles. The Morgan fingerprint density at radius 2 is 2.18 bits per heavy atom. The molecule has 1 saturated heterocycles. The number of thioether (sulfide) groups is 1. The van der Waals surface area contributed by atoms with Crippen molar-refractivity contribution >= 4 is 11.8 Å². The highest BCUT2D eigenvalue weighted by Gasteiger charge is 2.31. The SMILES string of the molecule is COc1ccc(CN2CCCC(CO)C2)cc1SC(F)(F)F. The van der Waals surface area contributed by atoms with Crippen molar-refractivity contribution in [1.82, 2.24) is 4.90 Å². The number of rotatable bonds is 5. The van der Waals surface area contributed by atoms with Gasteiger partial charge in [0.05, 0.1) is 12.0 Å². The summed E-state index contributed by atoms with van der Waals surface area (Å²) in [6.45, 7) is 2.44. The van der Waals surface area contributed by atoms with Gasteiger partial charge in [0.2, 0.25) is 0 Å². The van der Waals surface area contributed by atoms with E-state index < -0.39 is 5.51 Å². The first-order chi connectivity index (χ1) is 10.4. The maximum atomic E-state index is 12.6. The molecule has 1 heterocycles. The first kappa shape index (κ1) is 17.4. The maximum absolute atomic E-state index is 12.6. The molecule has 0 aromatic heterocycles. The van der Waals surface area contributed by atoms with Gasteiger partial charge in [-0.2, -0.15) is 13.2 Å². The van der Waals surface area contributed by atoms with Gasteiger partial charge >= 0.3 is 5.51 Å². The maximum Gasteiger partial charge on any atom is 0.446 e. The zero-order valence-electron chi connectivity index (χ0n) is 12.4. The van der Waals surface area contributed by atoms with Gasteiger partial charge in [0.25, 0.3) is 0 Å². The van der Waals surface area contributed by atoms with E-state index in [-0.39, 0.29) is 34.9 Å². The topological polar surface area (TPSA) is 32.7 Å². The number of alkyl halides is 3. The molecule has 22 heavy (non-hydrogen) atoms. The Morgan fingerprint density at radius 1 is 1.41 bits per heavy atom. The van der Waals surface area contributed by atoms with E-state index in [9.17, 15) is 18.3 Å². The van der Waals surface area contributed by atoms with Gasteiger partial charge in [0, 0.05) is 19.7 Å². The number of aliphatic hydroxyl groups is 1. The van der Waals surface area contributed by atoms with Gasteiger partial charge < -0.3 is 9.84 Å². The number of hydrogen-bond acceptors (Lipinski definition) is 4. The molecule has 7 heteroatoms. The van der Waals surface area contributed by atoms with E-state index >= 15 is 0 Å². The lowest BCUT2D eigenvalue weighted by Gasteiger charge is -2.31. The number of aliphatic hydroxyl groups excluding tert-OH is 1. The van der Waals surface area contributed by atoms with E-state index in [0.717, 1.165) is 31.5 Å². The number of methoxy groups -OCH3 is 1. The van der Waals surface area contributed by atoms with E-state index in [1.165, 1.54) is 7.11 Å². The minimum Gasteiger partial charge on any atom is -0.496 e. The lowest BCUT2D eigenvalue weighted by Crippen LogP contribution is -2.36. The summed E-state index contributed by atoms with van der Waals surface area (Å²) in [5.74, 6) is 0.494. The van der Waals surface area contributed by atoms with Crippen LogP contribution in [0.5, 0.6) is 5.75 Å². The van der Waals surface area contributed by atoms with Gasteiger partial charge in [0.1, 0.15) is 5.75 Å². The van der Waals surface area contributed by atoms with Crippen molar-refractivity contribution in [2.45, 2.75) is 29.8 Å². The van der Waals surface area contributed by atoms with Crippen LogP contribution in [0.25, 0.3) is 0 Å². The van der Waals surface area contributed by atoms with Crippen molar-refractivity contribution in [2.24, 2.45) is 5.92 Å². The van der Waals surface area contributed by atoms with Gasteiger partial charge in [-0.15, -0.1) is 0 Å². The van der Waals surface area contributed by atoms with Crippen molar-refractivity contribution in [2.75, 3.05) is 26.8 Å². The molecule has 1 fully saturated rings. The largest absolute Gasteiger partial charge is 0.496 e. The van der Waals surface area contributed by atoms with Crippen LogP contribution >= 0.6 is 11.8 Å². The number of halogens is 3. The molecule has 3 nitrogen and oxygen atoms in total. The fourth-order valence-corrected chi connectivity index (χ4v) is 3.44. The summed E-state index contributed by atoms with van der Waals surface area (Å²) in [6, 6.07) is 4.91. The second-order valence-corrected chi connectivity index (χ2v) is 6.57. The minimum absolute atomic E-state index is 0.0863. The molecular formula is C15H20F3NO2S. The number of nitrogens with zero attached hydrogens (tertiary/aromatic N) is 1. The molecule has 1 aliphatic rings. The van der Waals surface area contributed by atoms with Crippen LogP contribution in [0.2, 0.25) is 0 Å². The van der Waals surface area contributed by atoms with Gasteiger partial charge in [-0.1, -0.05) is 6.07 Å². The highest BCUT2D eigenvalue weighted by Crippen LogP contribution is 2.41. The van der Waals surface area contributed by atoms with E-state index in [4.69, 9.17) is 4.74 Å².